The predicted octanol–water partition coefficient (Wildman–Crippen LogP) is 4.92. The van der Waals surface area contributed by atoms with E-state index in [1.165, 1.54) is 11.3 Å². The average molecular weight is 353 g/mol. The van der Waals surface area contributed by atoms with Crippen LogP contribution in [0.4, 0.5) is 0 Å². The second-order valence-corrected chi connectivity index (χ2v) is 6.67. The summed E-state index contributed by atoms with van der Waals surface area (Å²) in [7, 11) is 0. The van der Waals surface area contributed by atoms with Gasteiger partial charge in [0.15, 0.2) is 5.76 Å². The molecule has 0 saturated carbocycles. The third-order valence-electron chi connectivity index (χ3n) is 3.73. The van der Waals surface area contributed by atoms with E-state index in [4.69, 9.17) is 16.0 Å². The molecule has 116 valence electrons. The van der Waals surface area contributed by atoms with Crippen LogP contribution in [0.15, 0.2) is 59.0 Å². The number of para-hydroxylation sites is 1. The highest BCUT2D eigenvalue weighted by Gasteiger charge is 2.17. The van der Waals surface area contributed by atoms with Gasteiger partial charge in [0.25, 0.3) is 0 Å². The van der Waals surface area contributed by atoms with Crippen LogP contribution in [0.5, 0.6) is 0 Å². The van der Waals surface area contributed by atoms with Gasteiger partial charge in [-0.05, 0) is 24.3 Å². The number of halogens is 1. The Bertz CT molecular complexity index is 1140. The molecule has 5 aromatic rings. The van der Waals surface area contributed by atoms with Crippen LogP contribution >= 0.6 is 22.9 Å². The zero-order valence-electron chi connectivity index (χ0n) is 12.2. The number of hydrogen-bond donors (Lipinski definition) is 0. The smallest absolute Gasteiger partial charge is 0.235 e. The Morgan fingerprint density at radius 3 is 2.67 bits per heavy atom. The SMILES string of the molecule is Clc1ccc(-c2nn3c(-c4cc5ccccc5o4)nnc3s2)cc1. The molecular formula is C17H9ClN4OS. The summed E-state index contributed by atoms with van der Waals surface area (Å²) in [5.41, 5.74) is 1.81. The first-order chi connectivity index (χ1) is 11.8. The zero-order valence-corrected chi connectivity index (χ0v) is 13.8. The van der Waals surface area contributed by atoms with Crippen LogP contribution in [-0.2, 0) is 0 Å². The fourth-order valence-corrected chi connectivity index (χ4v) is 3.54. The second-order valence-electron chi connectivity index (χ2n) is 5.28. The Balaban J connectivity index is 1.65. The molecule has 0 bridgehead atoms. The van der Waals surface area contributed by atoms with E-state index >= 15 is 0 Å². The predicted molar refractivity (Wildman–Crippen MR) is 94.3 cm³/mol. The van der Waals surface area contributed by atoms with Crippen LogP contribution in [0, 0.1) is 0 Å². The minimum Gasteiger partial charge on any atom is -0.453 e. The van der Waals surface area contributed by atoms with Crippen LogP contribution in [-0.4, -0.2) is 19.8 Å². The molecule has 0 amide bonds. The molecule has 5 rings (SSSR count). The first kappa shape index (κ1) is 13.7. The van der Waals surface area contributed by atoms with Crippen molar-refractivity contribution in [2.24, 2.45) is 0 Å². The average Bonchev–Trinajstić information content (AvgIpc) is 3.28. The van der Waals surface area contributed by atoms with Crippen LogP contribution in [0.3, 0.4) is 0 Å². The minimum absolute atomic E-state index is 0.595. The van der Waals surface area contributed by atoms with E-state index in [1.54, 1.807) is 4.52 Å². The van der Waals surface area contributed by atoms with Gasteiger partial charge in [0.05, 0.1) is 0 Å². The number of benzene rings is 2. The Morgan fingerprint density at radius 2 is 1.83 bits per heavy atom. The van der Waals surface area contributed by atoms with Gasteiger partial charge < -0.3 is 4.42 Å². The van der Waals surface area contributed by atoms with Crippen LogP contribution < -0.4 is 0 Å². The maximum atomic E-state index is 5.94. The quantitative estimate of drug-likeness (QED) is 0.452. The first-order valence-corrected chi connectivity index (χ1v) is 8.44. The summed E-state index contributed by atoms with van der Waals surface area (Å²) in [4.78, 5) is 0.718. The maximum Gasteiger partial charge on any atom is 0.235 e. The molecule has 0 N–H and O–H groups in total. The summed E-state index contributed by atoms with van der Waals surface area (Å²) in [5.74, 6) is 1.24. The highest BCUT2D eigenvalue weighted by atomic mass is 35.5. The molecule has 7 heteroatoms. The van der Waals surface area contributed by atoms with Crippen molar-refractivity contribution in [3.05, 3.63) is 59.6 Å². The fourth-order valence-electron chi connectivity index (χ4n) is 2.57. The summed E-state index contributed by atoms with van der Waals surface area (Å²) in [6, 6.07) is 17.4. The molecule has 0 aliphatic heterocycles. The van der Waals surface area contributed by atoms with Crippen LogP contribution in [0.2, 0.25) is 5.02 Å². The van der Waals surface area contributed by atoms with Crippen molar-refractivity contribution in [2.75, 3.05) is 0 Å². The molecule has 0 saturated heterocycles. The Hall–Kier alpha value is -2.70. The van der Waals surface area contributed by atoms with Gasteiger partial charge in [-0.25, -0.2) is 0 Å². The lowest BCUT2D eigenvalue weighted by Gasteiger charge is -1.95. The number of hydrogen-bond acceptors (Lipinski definition) is 5. The second kappa shape index (κ2) is 5.15. The monoisotopic (exact) mass is 352 g/mol. The number of furan rings is 1. The molecule has 0 unspecified atom stereocenters. The van der Waals surface area contributed by atoms with Crippen molar-refractivity contribution in [3.63, 3.8) is 0 Å². The summed E-state index contributed by atoms with van der Waals surface area (Å²) >= 11 is 7.42. The summed E-state index contributed by atoms with van der Waals surface area (Å²) in [6.45, 7) is 0. The third-order valence-corrected chi connectivity index (χ3v) is 4.93. The van der Waals surface area contributed by atoms with Crippen LogP contribution in [0.1, 0.15) is 0 Å². The zero-order chi connectivity index (χ0) is 16.1. The molecule has 0 aliphatic carbocycles. The number of aromatic nitrogens is 4. The van der Waals surface area contributed by atoms with Crippen molar-refractivity contribution in [3.8, 4) is 22.2 Å². The molecule has 0 atom stereocenters. The van der Waals surface area contributed by atoms with E-state index in [0.29, 0.717) is 16.6 Å². The number of fused-ring (bicyclic) bond motifs is 2. The molecule has 3 heterocycles. The summed E-state index contributed by atoms with van der Waals surface area (Å²) in [6.07, 6.45) is 0. The van der Waals surface area contributed by atoms with Gasteiger partial charge in [-0.1, -0.05) is 53.3 Å². The van der Waals surface area contributed by atoms with Crippen molar-refractivity contribution in [1.82, 2.24) is 19.8 Å². The largest absolute Gasteiger partial charge is 0.453 e. The van der Waals surface area contributed by atoms with E-state index in [1.807, 2.05) is 54.6 Å². The molecule has 5 nitrogen and oxygen atoms in total. The number of rotatable bonds is 2. The topological polar surface area (TPSA) is 56.2 Å². The van der Waals surface area contributed by atoms with Gasteiger partial charge in [0.1, 0.15) is 10.6 Å². The minimum atomic E-state index is 0.595. The lowest BCUT2D eigenvalue weighted by atomic mass is 10.2. The molecular weight excluding hydrogens is 344 g/mol. The Kier molecular flexibility index (Phi) is 2.95. The van der Waals surface area contributed by atoms with E-state index in [9.17, 15) is 0 Å². The van der Waals surface area contributed by atoms with Gasteiger partial charge in [-0.15, -0.1) is 10.2 Å². The fraction of sp³-hybridized carbons (Fsp3) is 0. The maximum absolute atomic E-state index is 5.94. The van der Waals surface area contributed by atoms with Crippen molar-refractivity contribution < 1.29 is 4.42 Å². The standard InChI is InChI=1S/C17H9ClN4OS/c18-12-7-5-10(6-8-12)16-21-22-15(19-20-17(22)24-16)14-9-11-3-1-2-4-13(11)23-14/h1-9H. The Labute approximate surface area is 145 Å². The van der Waals surface area contributed by atoms with Crippen LogP contribution in [0.25, 0.3) is 38.1 Å². The molecule has 24 heavy (non-hydrogen) atoms. The Morgan fingerprint density at radius 1 is 1.00 bits per heavy atom. The van der Waals surface area contributed by atoms with Crippen molar-refractivity contribution in [1.29, 1.82) is 0 Å². The highest BCUT2D eigenvalue weighted by Crippen LogP contribution is 2.31. The molecule has 0 spiro atoms. The molecule has 0 fully saturated rings. The first-order valence-electron chi connectivity index (χ1n) is 7.25. The van der Waals surface area contributed by atoms with Gasteiger partial charge in [-0.3, -0.25) is 0 Å². The van der Waals surface area contributed by atoms with Gasteiger partial charge in [0, 0.05) is 16.0 Å². The summed E-state index contributed by atoms with van der Waals surface area (Å²) < 4.78 is 7.59. The van der Waals surface area contributed by atoms with Crippen molar-refractivity contribution in [2.45, 2.75) is 0 Å². The van der Waals surface area contributed by atoms with E-state index < -0.39 is 0 Å². The highest BCUT2D eigenvalue weighted by molar-refractivity contribution is 7.19. The normalized spacial score (nSPS) is 11.5. The molecule has 0 radical (unpaired) electrons. The third kappa shape index (κ3) is 2.11. The number of nitrogens with zero attached hydrogens (tertiary/aromatic N) is 4. The van der Waals surface area contributed by atoms with E-state index in [2.05, 4.69) is 15.3 Å². The van der Waals surface area contributed by atoms with Gasteiger partial charge >= 0.3 is 0 Å². The lowest BCUT2D eigenvalue weighted by molar-refractivity contribution is 0.622. The van der Waals surface area contributed by atoms with Gasteiger partial charge in [0.2, 0.25) is 10.8 Å². The van der Waals surface area contributed by atoms with E-state index in [0.717, 1.165) is 26.5 Å². The van der Waals surface area contributed by atoms with Gasteiger partial charge in [-0.2, -0.15) is 9.61 Å². The van der Waals surface area contributed by atoms with E-state index in [-0.39, 0.29) is 0 Å². The van der Waals surface area contributed by atoms with Crippen molar-refractivity contribution >= 4 is 38.9 Å². The molecule has 3 aromatic heterocycles. The molecule has 0 aliphatic rings. The lowest BCUT2D eigenvalue weighted by Crippen LogP contribution is -1.89. The summed E-state index contributed by atoms with van der Waals surface area (Å²) in [5, 5.41) is 15.6. The molecule has 2 aromatic carbocycles.